The second kappa shape index (κ2) is 5.39. The summed E-state index contributed by atoms with van der Waals surface area (Å²) >= 11 is 7.68. The molecule has 0 N–H and O–H groups in total. The van der Waals surface area contributed by atoms with Crippen LogP contribution in [0.15, 0.2) is 35.2 Å². The van der Waals surface area contributed by atoms with E-state index >= 15 is 0 Å². The molecule has 1 atom stereocenters. The number of hydrogen-bond acceptors (Lipinski definition) is 4. The molecule has 2 heterocycles. The third-order valence-electron chi connectivity index (χ3n) is 3.02. The summed E-state index contributed by atoms with van der Waals surface area (Å²) < 4.78 is 5.97. The number of rotatable bonds is 3. The van der Waals surface area contributed by atoms with E-state index in [0.29, 0.717) is 5.88 Å². The first kappa shape index (κ1) is 12.8. The van der Waals surface area contributed by atoms with Crippen LogP contribution in [-0.4, -0.2) is 15.7 Å². The van der Waals surface area contributed by atoms with E-state index in [2.05, 4.69) is 9.97 Å². The lowest BCUT2D eigenvalue weighted by atomic mass is 10.1. The van der Waals surface area contributed by atoms with Crippen molar-refractivity contribution in [2.75, 3.05) is 5.75 Å². The van der Waals surface area contributed by atoms with Gasteiger partial charge in [0.05, 0.1) is 10.6 Å². The molecule has 5 heteroatoms. The Balaban J connectivity index is 1.88. The van der Waals surface area contributed by atoms with E-state index in [1.807, 2.05) is 37.3 Å². The van der Waals surface area contributed by atoms with Crippen molar-refractivity contribution in [1.29, 1.82) is 0 Å². The monoisotopic (exact) mass is 292 g/mol. The number of aromatic nitrogens is 2. The van der Waals surface area contributed by atoms with Gasteiger partial charge in [0, 0.05) is 12.2 Å². The minimum Gasteiger partial charge on any atom is -0.469 e. The van der Waals surface area contributed by atoms with E-state index in [1.54, 1.807) is 11.8 Å². The van der Waals surface area contributed by atoms with Gasteiger partial charge in [-0.15, -0.1) is 11.8 Å². The summed E-state index contributed by atoms with van der Waals surface area (Å²) in [6, 6.07) is 10.1. The number of thioether (sulfide) groups is 1. The van der Waals surface area contributed by atoms with Gasteiger partial charge in [-0.05, 0) is 24.1 Å². The maximum Gasteiger partial charge on any atom is 0.232 e. The zero-order valence-corrected chi connectivity index (χ0v) is 12.0. The fourth-order valence-corrected chi connectivity index (χ4v) is 3.26. The van der Waals surface area contributed by atoms with Gasteiger partial charge in [-0.25, -0.2) is 4.98 Å². The van der Waals surface area contributed by atoms with Crippen LogP contribution in [0.25, 0.3) is 0 Å². The molecule has 3 nitrogen and oxygen atoms in total. The molecule has 0 spiro atoms. The average Bonchev–Trinajstić information content (AvgIpc) is 2.88. The molecule has 0 aliphatic carbocycles. The molecule has 1 unspecified atom stereocenters. The molecule has 1 aromatic heterocycles. The van der Waals surface area contributed by atoms with Gasteiger partial charge in [0.2, 0.25) is 11.2 Å². The summed E-state index contributed by atoms with van der Waals surface area (Å²) in [5.41, 5.74) is 2.12. The first-order valence-corrected chi connectivity index (χ1v) is 7.51. The second-order valence-corrected chi connectivity index (χ2v) is 5.79. The lowest BCUT2D eigenvalue weighted by Gasteiger charge is -2.16. The standard InChI is InChI=1S/C14H13ClN2OS/c1-9(10-5-3-2-4-6-10)18-13-12-11(7-8-19-12)16-14(15)17-13/h2-6,9H,7-8H2,1H3. The number of hydrogen-bond donors (Lipinski definition) is 0. The van der Waals surface area contributed by atoms with Crippen molar-refractivity contribution in [2.24, 2.45) is 0 Å². The molecule has 98 valence electrons. The highest BCUT2D eigenvalue weighted by atomic mass is 35.5. The topological polar surface area (TPSA) is 35.0 Å². The van der Waals surface area contributed by atoms with Gasteiger partial charge in [-0.1, -0.05) is 30.3 Å². The lowest BCUT2D eigenvalue weighted by molar-refractivity contribution is 0.210. The Labute approximate surface area is 121 Å². The van der Waals surface area contributed by atoms with Gasteiger partial charge < -0.3 is 4.74 Å². The Hall–Kier alpha value is -1.26. The molecule has 1 aromatic carbocycles. The summed E-state index contributed by atoms with van der Waals surface area (Å²) in [4.78, 5) is 9.50. The lowest BCUT2D eigenvalue weighted by Crippen LogP contribution is -2.06. The second-order valence-electron chi connectivity index (χ2n) is 4.34. The third-order valence-corrected chi connectivity index (χ3v) is 4.30. The Bertz CT molecular complexity index is 591. The minimum absolute atomic E-state index is 0.0579. The zero-order chi connectivity index (χ0) is 13.2. The van der Waals surface area contributed by atoms with Crippen LogP contribution in [0.4, 0.5) is 0 Å². The van der Waals surface area contributed by atoms with Crippen LogP contribution in [0.2, 0.25) is 5.28 Å². The molecule has 19 heavy (non-hydrogen) atoms. The van der Waals surface area contributed by atoms with Crippen molar-refractivity contribution in [3.63, 3.8) is 0 Å². The molecular weight excluding hydrogens is 280 g/mol. The van der Waals surface area contributed by atoms with E-state index in [-0.39, 0.29) is 11.4 Å². The largest absolute Gasteiger partial charge is 0.469 e. The predicted molar refractivity (Wildman–Crippen MR) is 77.0 cm³/mol. The fourth-order valence-electron chi connectivity index (χ4n) is 2.05. The smallest absolute Gasteiger partial charge is 0.232 e. The predicted octanol–water partition coefficient (Wildman–Crippen LogP) is 3.92. The van der Waals surface area contributed by atoms with E-state index in [1.165, 1.54) is 0 Å². The minimum atomic E-state index is -0.0579. The molecule has 0 saturated carbocycles. The van der Waals surface area contributed by atoms with Crippen molar-refractivity contribution in [3.05, 3.63) is 46.9 Å². The highest BCUT2D eigenvalue weighted by molar-refractivity contribution is 7.99. The molecule has 1 aliphatic rings. The summed E-state index contributed by atoms with van der Waals surface area (Å²) in [5.74, 6) is 1.62. The van der Waals surface area contributed by atoms with Crippen molar-refractivity contribution in [3.8, 4) is 5.88 Å². The average molecular weight is 293 g/mol. The molecular formula is C14H13ClN2OS. The third kappa shape index (κ3) is 2.69. The molecule has 0 radical (unpaired) electrons. The Kier molecular flexibility index (Phi) is 3.62. The van der Waals surface area contributed by atoms with Crippen LogP contribution in [0.1, 0.15) is 24.3 Å². The van der Waals surface area contributed by atoms with Gasteiger partial charge in [-0.3, -0.25) is 0 Å². The van der Waals surface area contributed by atoms with Crippen LogP contribution in [0.5, 0.6) is 5.88 Å². The fraction of sp³-hybridized carbons (Fsp3) is 0.286. The Morgan fingerprint density at radius 2 is 2.05 bits per heavy atom. The van der Waals surface area contributed by atoms with Gasteiger partial charge in [-0.2, -0.15) is 4.98 Å². The number of aryl methyl sites for hydroxylation is 1. The molecule has 0 bridgehead atoms. The molecule has 0 amide bonds. The quantitative estimate of drug-likeness (QED) is 0.803. The number of benzene rings is 1. The maximum absolute atomic E-state index is 5.97. The van der Waals surface area contributed by atoms with Crippen molar-refractivity contribution in [2.45, 2.75) is 24.3 Å². The van der Waals surface area contributed by atoms with E-state index in [4.69, 9.17) is 16.3 Å². The molecule has 0 fully saturated rings. The van der Waals surface area contributed by atoms with Gasteiger partial charge in [0.25, 0.3) is 0 Å². The summed E-state index contributed by atoms with van der Waals surface area (Å²) in [6.45, 7) is 2.01. The van der Waals surface area contributed by atoms with Crippen LogP contribution in [-0.2, 0) is 6.42 Å². The maximum atomic E-state index is 5.97. The SMILES string of the molecule is CC(Oc1nc(Cl)nc2c1SCC2)c1ccccc1. The normalized spacial score (nSPS) is 15.1. The number of fused-ring (bicyclic) bond motifs is 1. The summed E-state index contributed by atoms with van der Waals surface area (Å²) in [6.07, 6.45) is 0.871. The summed E-state index contributed by atoms with van der Waals surface area (Å²) in [5, 5.41) is 0.261. The number of nitrogens with zero attached hydrogens (tertiary/aromatic N) is 2. The van der Waals surface area contributed by atoms with Crippen molar-refractivity contribution in [1.82, 2.24) is 9.97 Å². The highest BCUT2D eigenvalue weighted by Crippen LogP contribution is 2.38. The Morgan fingerprint density at radius 3 is 2.84 bits per heavy atom. The van der Waals surface area contributed by atoms with Gasteiger partial charge in [0.15, 0.2) is 0 Å². The van der Waals surface area contributed by atoms with Crippen molar-refractivity contribution < 1.29 is 4.74 Å². The zero-order valence-electron chi connectivity index (χ0n) is 10.5. The van der Waals surface area contributed by atoms with E-state index < -0.39 is 0 Å². The first-order chi connectivity index (χ1) is 9.24. The molecule has 2 aromatic rings. The van der Waals surface area contributed by atoms with E-state index in [0.717, 1.165) is 28.3 Å². The van der Waals surface area contributed by atoms with Gasteiger partial charge >= 0.3 is 0 Å². The van der Waals surface area contributed by atoms with Gasteiger partial charge in [0.1, 0.15) is 6.10 Å². The summed E-state index contributed by atoms with van der Waals surface area (Å²) in [7, 11) is 0. The van der Waals surface area contributed by atoms with Crippen molar-refractivity contribution >= 4 is 23.4 Å². The van der Waals surface area contributed by atoms with Crippen LogP contribution < -0.4 is 4.74 Å². The van der Waals surface area contributed by atoms with E-state index in [9.17, 15) is 0 Å². The molecule has 0 saturated heterocycles. The Morgan fingerprint density at radius 1 is 1.26 bits per heavy atom. The molecule has 3 rings (SSSR count). The van der Waals surface area contributed by atoms with Crippen LogP contribution >= 0.6 is 23.4 Å². The first-order valence-electron chi connectivity index (χ1n) is 6.15. The number of ether oxygens (including phenoxy) is 1. The molecule has 1 aliphatic heterocycles. The number of halogens is 1. The highest BCUT2D eigenvalue weighted by Gasteiger charge is 2.22. The van der Waals surface area contributed by atoms with Crippen LogP contribution in [0.3, 0.4) is 0 Å². The van der Waals surface area contributed by atoms with Crippen LogP contribution in [0, 0.1) is 0 Å².